The van der Waals surface area contributed by atoms with Gasteiger partial charge >= 0.3 is 0 Å². The predicted molar refractivity (Wildman–Crippen MR) is 71.9 cm³/mol. The Kier molecular flexibility index (Phi) is 2.93. The fraction of sp³-hybridized carbons (Fsp3) is 0.167. The van der Waals surface area contributed by atoms with Gasteiger partial charge in [0.25, 0.3) is 0 Å². The zero-order valence-electron chi connectivity index (χ0n) is 10.4. The number of aromatic nitrogens is 5. The van der Waals surface area contributed by atoms with Crippen LogP contribution in [0.5, 0.6) is 0 Å². The second-order valence-electron chi connectivity index (χ2n) is 3.95. The summed E-state index contributed by atoms with van der Waals surface area (Å²) in [7, 11) is 1.81. The van der Waals surface area contributed by atoms with Gasteiger partial charge in [0, 0.05) is 38.4 Å². The lowest BCUT2D eigenvalue weighted by Gasteiger charge is -2.06. The highest BCUT2D eigenvalue weighted by atomic mass is 15.3. The van der Waals surface area contributed by atoms with E-state index in [-0.39, 0.29) is 0 Å². The molecule has 0 aliphatic heterocycles. The normalized spacial score (nSPS) is 10.6. The Balaban J connectivity index is 1.87. The zero-order chi connectivity index (χ0) is 13.1. The molecule has 0 aromatic carbocycles. The first-order valence-corrected chi connectivity index (χ1v) is 5.89. The van der Waals surface area contributed by atoms with Gasteiger partial charge in [-0.25, -0.2) is 4.98 Å². The maximum atomic E-state index is 4.29. The molecule has 0 saturated carbocycles. The molecule has 7 heteroatoms. The van der Waals surface area contributed by atoms with Crippen molar-refractivity contribution in [3.05, 3.63) is 42.5 Å². The van der Waals surface area contributed by atoms with Crippen molar-refractivity contribution < 1.29 is 0 Å². The maximum absolute atomic E-state index is 4.29. The molecule has 7 nitrogen and oxygen atoms in total. The van der Waals surface area contributed by atoms with Crippen LogP contribution in [0.4, 0.5) is 11.8 Å². The molecule has 0 spiro atoms. The Morgan fingerprint density at radius 2 is 2.00 bits per heavy atom. The average Bonchev–Trinajstić information content (AvgIpc) is 2.90. The lowest BCUT2D eigenvalue weighted by atomic mass is 10.3. The van der Waals surface area contributed by atoms with Crippen molar-refractivity contribution >= 4 is 17.4 Å². The molecule has 3 aromatic rings. The molecular formula is C12H13N7. The van der Waals surface area contributed by atoms with E-state index < -0.39 is 0 Å². The number of nitrogens with one attached hydrogen (secondary N) is 2. The minimum absolute atomic E-state index is 0.664. The fourth-order valence-electron chi connectivity index (χ4n) is 1.81. The Morgan fingerprint density at radius 1 is 1.16 bits per heavy atom. The van der Waals surface area contributed by atoms with Crippen LogP contribution in [0.2, 0.25) is 0 Å². The molecule has 0 bridgehead atoms. The van der Waals surface area contributed by atoms with Gasteiger partial charge in [-0.1, -0.05) is 0 Å². The van der Waals surface area contributed by atoms with E-state index in [0.29, 0.717) is 24.0 Å². The van der Waals surface area contributed by atoms with Crippen LogP contribution in [0.1, 0.15) is 5.56 Å². The summed E-state index contributed by atoms with van der Waals surface area (Å²) in [6.45, 7) is 0.664. The highest BCUT2D eigenvalue weighted by molar-refractivity contribution is 5.64. The topological polar surface area (TPSA) is 80.0 Å². The van der Waals surface area contributed by atoms with Crippen LogP contribution >= 0.6 is 0 Å². The largest absolute Gasteiger partial charge is 0.363 e. The molecule has 3 aromatic heterocycles. The summed E-state index contributed by atoms with van der Waals surface area (Å²) in [5.74, 6) is 1.39. The van der Waals surface area contributed by atoms with Crippen LogP contribution in [-0.2, 0) is 6.54 Å². The summed E-state index contributed by atoms with van der Waals surface area (Å²) in [6.07, 6.45) is 7.06. The summed E-state index contributed by atoms with van der Waals surface area (Å²) in [5, 5.41) is 14.4. The molecule has 2 N–H and O–H groups in total. The number of hydrogen-bond acceptors (Lipinski definition) is 6. The Labute approximate surface area is 109 Å². The van der Waals surface area contributed by atoms with Crippen molar-refractivity contribution in [1.29, 1.82) is 0 Å². The van der Waals surface area contributed by atoms with E-state index in [1.165, 1.54) is 0 Å². The summed E-state index contributed by atoms with van der Waals surface area (Å²) >= 11 is 0. The smallest absolute Gasteiger partial charge is 0.228 e. The summed E-state index contributed by atoms with van der Waals surface area (Å²) in [4.78, 5) is 8.28. The van der Waals surface area contributed by atoms with Crippen molar-refractivity contribution in [3.63, 3.8) is 0 Å². The van der Waals surface area contributed by atoms with E-state index in [4.69, 9.17) is 0 Å². The van der Waals surface area contributed by atoms with Crippen molar-refractivity contribution in [2.45, 2.75) is 6.54 Å². The fourth-order valence-corrected chi connectivity index (χ4v) is 1.81. The van der Waals surface area contributed by atoms with Crippen LogP contribution < -0.4 is 10.6 Å². The van der Waals surface area contributed by atoms with Gasteiger partial charge in [0.15, 0.2) is 5.82 Å². The summed E-state index contributed by atoms with van der Waals surface area (Å²) in [6, 6.07) is 3.91. The van der Waals surface area contributed by atoms with E-state index in [9.17, 15) is 0 Å². The van der Waals surface area contributed by atoms with Gasteiger partial charge in [0.2, 0.25) is 11.6 Å². The van der Waals surface area contributed by atoms with Crippen LogP contribution in [0.25, 0.3) is 5.65 Å². The Hall–Kier alpha value is -2.70. The molecule has 0 fully saturated rings. The lowest BCUT2D eigenvalue weighted by molar-refractivity contribution is 1.06. The van der Waals surface area contributed by atoms with Crippen molar-refractivity contribution in [2.75, 3.05) is 17.7 Å². The number of fused-ring (bicyclic) bond motifs is 1. The number of nitrogens with zero attached hydrogens (tertiary/aromatic N) is 5. The van der Waals surface area contributed by atoms with Crippen molar-refractivity contribution in [2.24, 2.45) is 0 Å². The first-order chi connectivity index (χ1) is 9.38. The number of rotatable bonds is 4. The van der Waals surface area contributed by atoms with Crippen LogP contribution in [0.3, 0.4) is 0 Å². The molecule has 3 heterocycles. The zero-order valence-corrected chi connectivity index (χ0v) is 10.4. The van der Waals surface area contributed by atoms with Crippen LogP contribution in [0.15, 0.2) is 36.9 Å². The first-order valence-electron chi connectivity index (χ1n) is 5.89. The van der Waals surface area contributed by atoms with Gasteiger partial charge in [-0.15, -0.1) is 10.2 Å². The van der Waals surface area contributed by atoms with E-state index in [1.807, 2.05) is 22.7 Å². The SMILES string of the molecule is CNc1nnc2c(NCc3ccncc3)nccn12. The van der Waals surface area contributed by atoms with Crippen LogP contribution in [-0.4, -0.2) is 31.6 Å². The van der Waals surface area contributed by atoms with Gasteiger partial charge < -0.3 is 10.6 Å². The molecule has 0 radical (unpaired) electrons. The van der Waals surface area contributed by atoms with Gasteiger partial charge in [0.1, 0.15) is 0 Å². The first kappa shape index (κ1) is 11.4. The number of anilines is 2. The summed E-state index contributed by atoms with van der Waals surface area (Å²) in [5.41, 5.74) is 1.83. The quantitative estimate of drug-likeness (QED) is 0.728. The van der Waals surface area contributed by atoms with Gasteiger partial charge in [-0.3, -0.25) is 9.38 Å². The second-order valence-corrected chi connectivity index (χ2v) is 3.95. The minimum atomic E-state index is 0.664. The lowest BCUT2D eigenvalue weighted by Crippen LogP contribution is -2.04. The highest BCUT2D eigenvalue weighted by Crippen LogP contribution is 2.15. The molecule has 96 valence electrons. The van der Waals surface area contributed by atoms with Gasteiger partial charge in [-0.05, 0) is 17.7 Å². The van der Waals surface area contributed by atoms with E-state index in [2.05, 4.69) is 30.8 Å². The summed E-state index contributed by atoms with van der Waals surface area (Å²) < 4.78 is 1.85. The molecule has 0 amide bonds. The molecule has 19 heavy (non-hydrogen) atoms. The Bertz CT molecular complexity index is 677. The van der Waals surface area contributed by atoms with E-state index >= 15 is 0 Å². The van der Waals surface area contributed by atoms with Crippen molar-refractivity contribution in [1.82, 2.24) is 24.6 Å². The van der Waals surface area contributed by atoms with Crippen LogP contribution in [0, 0.1) is 0 Å². The second kappa shape index (κ2) is 4.89. The molecule has 0 aliphatic rings. The molecule has 0 aliphatic carbocycles. The maximum Gasteiger partial charge on any atom is 0.228 e. The standard InChI is InChI=1S/C12H13N7/c1-13-12-18-17-11-10(15-6-7-19(11)12)16-8-9-2-4-14-5-3-9/h2-7H,8H2,1H3,(H,13,18)(H,15,16). The van der Waals surface area contributed by atoms with Gasteiger partial charge in [-0.2, -0.15) is 0 Å². The molecule has 0 unspecified atom stereocenters. The third-order valence-corrected chi connectivity index (χ3v) is 2.76. The molecule has 3 rings (SSSR count). The highest BCUT2D eigenvalue weighted by Gasteiger charge is 2.08. The molecule has 0 saturated heterocycles. The predicted octanol–water partition coefficient (Wildman–Crippen LogP) is 1.17. The molecular weight excluding hydrogens is 242 g/mol. The number of hydrogen-bond donors (Lipinski definition) is 2. The van der Waals surface area contributed by atoms with E-state index in [0.717, 1.165) is 5.56 Å². The average molecular weight is 255 g/mol. The monoisotopic (exact) mass is 255 g/mol. The third kappa shape index (κ3) is 2.17. The number of pyridine rings is 1. The Morgan fingerprint density at radius 3 is 2.79 bits per heavy atom. The molecule has 0 atom stereocenters. The third-order valence-electron chi connectivity index (χ3n) is 2.76. The van der Waals surface area contributed by atoms with Gasteiger partial charge in [0.05, 0.1) is 0 Å². The van der Waals surface area contributed by atoms with Crippen molar-refractivity contribution in [3.8, 4) is 0 Å². The van der Waals surface area contributed by atoms with E-state index in [1.54, 1.807) is 25.6 Å². The minimum Gasteiger partial charge on any atom is -0.363 e.